The van der Waals surface area contributed by atoms with Crippen LogP contribution < -0.4 is 0 Å². The van der Waals surface area contributed by atoms with Gasteiger partial charge in [0.15, 0.2) is 11.6 Å². The first kappa shape index (κ1) is 9.80. The van der Waals surface area contributed by atoms with Gasteiger partial charge in [0, 0.05) is 0 Å². The van der Waals surface area contributed by atoms with E-state index < -0.39 is 29.4 Å². The predicted molar refractivity (Wildman–Crippen MR) is 43.9 cm³/mol. The van der Waals surface area contributed by atoms with Gasteiger partial charge in [0.25, 0.3) is 0 Å². The Kier molecular flexibility index (Phi) is 2.43. The molecule has 0 radical (unpaired) electrons. The van der Waals surface area contributed by atoms with Gasteiger partial charge >= 0.3 is 0 Å². The number of allylic oxidation sites excluding steroid dienone is 1. The van der Waals surface area contributed by atoms with Crippen molar-refractivity contribution in [3.63, 3.8) is 0 Å². The Hall–Kier alpha value is -1.29. The molecule has 0 aromatic carbocycles. The van der Waals surface area contributed by atoms with Gasteiger partial charge in [-0.25, -0.2) is 0 Å². The first-order chi connectivity index (χ1) is 5.95. The van der Waals surface area contributed by atoms with E-state index in [0.29, 0.717) is 5.57 Å². The van der Waals surface area contributed by atoms with Crippen molar-refractivity contribution in [2.24, 2.45) is 5.92 Å². The first-order valence-electron chi connectivity index (χ1n) is 3.89. The second-order valence-corrected chi connectivity index (χ2v) is 3.14. The highest BCUT2D eigenvalue weighted by Crippen LogP contribution is 2.18. The highest BCUT2D eigenvalue weighted by molar-refractivity contribution is 6.25. The molecule has 0 aliphatic heterocycles. The number of hydrogen-bond donors (Lipinski definition) is 1. The van der Waals surface area contributed by atoms with Crippen molar-refractivity contribution in [3.8, 4) is 0 Å². The summed E-state index contributed by atoms with van der Waals surface area (Å²) in [6.45, 7) is 2.65. The molecule has 13 heavy (non-hydrogen) atoms. The van der Waals surface area contributed by atoms with Crippen molar-refractivity contribution in [2.45, 2.75) is 20.0 Å². The fourth-order valence-electron chi connectivity index (χ4n) is 1.31. The van der Waals surface area contributed by atoms with Crippen LogP contribution in [-0.4, -0.2) is 28.6 Å². The van der Waals surface area contributed by atoms with Crippen molar-refractivity contribution >= 4 is 17.3 Å². The Morgan fingerprint density at radius 3 is 2.46 bits per heavy atom. The number of ketones is 3. The number of carbonyl (C=O) groups is 3. The molecule has 0 aromatic rings. The van der Waals surface area contributed by atoms with Crippen LogP contribution in [0.4, 0.5) is 0 Å². The number of aliphatic hydroxyl groups is 1. The van der Waals surface area contributed by atoms with Gasteiger partial charge in [0.1, 0.15) is 17.8 Å². The van der Waals surface area contributed by atoms with Crippen LogP contribution in [0.5, 0.6) is 0 Å². The van der Waals surface area contributed by atoms with E-state index in [1.165, 1.54) is 13.8 Å². The summed E-state index contributed by atoms with van der Waals surface area (Å²) in [5.41, 5.74) is 0.299. The zero-order valence-corrected chi connectivity index (χ0v) is 7.40. The molecular formula is C9H10O4. The van der Waals surface area contributed by atoms with E-state index in [1.54, 1.807) is 0 Å². The number of carbonyl (C=O) groups excluding carboxylic acids is 3. The third kappa shape index (κ3) is 1.58. The fourth-order valence-corrected chi connectivity index (χ4v) is 1.31. The molecule has 4 nitrogen and oxygen atoms in total. The Morgan fingerprint density at radius 1 is 1.46 bits per heavy atom. The summed E-state index contributed by atoms with van der Waals surface area (Å²) in [4.78, 5) is 33.3. The first-order valence-corrected chi connectivity index (χ1v) is 3.89. The maximum Gasteiger partial charge on any atom is 0.183 e. The van der Waals surface area contributed by atoms with Gasteiger partial charge < -0.3 is 5.11 Å². The molecule has 0 heterocycles. The lowest BCUT2D eigenvalue weighted by molar-refractivity contribution is -0.141. The van der Waals surface area contributed by atoms with Gasteiger partial charge in [-0.3, -0.25) is 14.4 Å². The number of rotatable bonds is 1. The minimum Gasteiger partial charge on any atom is -0.381 e. The number of aliphatic hydroxyl groups excluding tert-OH is 1. The van der Waals surface area contributed by atoms with Gasteiger partial charge in [-0.15, -0.1) is 0 Å². The van der Waals surface area contributed by atoms with E-state index in [-0.39, 0.29) is 0 Å². The molecule has 0 aromatic heterocycles. The number of Topliss-reactive ketones (excluding diaryl/α,β-unsaturated/α-hetero) is 2. The van der Waals surface area contributed by atoms with E-state index in [2.05, 4.69) is 0 Å². The largest absolute Gasteiger partial charge is 0.381 e. The highest BCUT2D eigenvalue weighted by Gasteiger charge is 2.38. The zero-order chi connectivity index (χ0) is 10.2. The smallest absolute Gasteiger partial charge is 0.183 e. The minimum atomic E-state index is -1.30. The normalized spacial score (nSPS) is 28.7. The monoisotopic (exact) mass is 182 g/mol. The van der Waals surface area contributed by atoms with Gasteiger partial charge in [-0.05, 0) is 25.5 Å². The second-order valence-electron chi connectivity index (χ2n) is 3.14. The van der Waals surface area contributed by atoms with Gasteiger partial charge in [-0.1, -0.05) is 0 Å². The van der Waals surface area contributed by atoms with E-state index in [4.69, 9.17) is 0 Å². The summed E-state index contributed by atoms with van der Waals surface area (Å²) in [6.07, 6.45) is -0.149. The summed E-state index contributed by atoms with van der Waals surface area (Å²) in [5, 5.41) is 9.26. The van der Waals surface area contributed by atoms with Crippen LogP contribution in [0.15, 0.2) is 11.6 Å². The summed E-state index contributed by atoms with van der Waals surface area (Å²) < 4.78 is 0. The lowest BCUT2D eigenvalue weighted by Crippen LogP contribution is -2.41. The Bertz CT molecular complexity index is 314. The number of hydrogen-bond acceptors (Lipinski definition) is 4. The minimum absolute atomic E-state index is 0.299. The quantitative estimate of drug-likeness (QED) is 0.562. The average molecular weight is 182 g/mol. The van der Waals surface area contributed by atoms with E-state index >= 15 is 0 Å². The van der Waals surface area contributed by atoms with Crippen LogP contribution in [0.2, 0.25) is 0 Å². The van der Waals surface area contributed by atoms with Crippen molar-refractivity contribution in [3.05, 3.63) is 11.6 Å². The van der Waals surface area contributed by atoms with Crippen LogP contribution in [0.1, 0.15) is 13.8 Å². The molecule has 1 aliphatic rings. The maximum absolute atomic E-state index is 11.3. The molecule has 1 rings (SSSR count). The summed E-state index contributed by atoms with van der Waals surface area (Å²) >= 11 is 0. The van der Waals surface area contributed by atoms with Crippen LogP contribution in [0.25, 0.3) is 0 Å². The molecule has 2 unspecified atom stereocenters. The van der Waals surface area contributed by atoms with Crippen LogP contribution >= 0.6 is 0 Å². The molecule has 0 fully saturated rings. The lowest BCUT2D eigenvalue weighted by atomic mass is 9.83. The zero-order valence-electron chi connectivity index (χ0n) is 7.40. The van der Waals surface area contributed by atoms with Gasteiger partial charge in [-0.2, -0.15) is 0 Å². The Morgan fingerprint density at radius 2 is 2.00 bits per heavy atom. The summed E-state index contributed by atoms with van der Waals surface area (Å²) in [5.74, 6) is -3.05. The van der Waals surface area contributed by atoms with E-state index in [1.807, 2.05) is 0 Å². The van der Waals surface area contributed by atoms with E-state index in [9.17, 15) is 19.5 Å². The predicted octanol–water partition coefficient (Wildman–Crippen LogP) is -0.349. The van der Waals surface area contributed by atoms with Crippen molar-refractivity contribution in [1.29, 1.82) is 0 Å². The third-order valence-electron chi connectivity index (χ3n) is 2.05. The molecule has 70 valence electrons. The standard InChI is InChI=1S/C9H10O4/c1-4-3-6(11)7(5(2)10)9(13)8(4)12/h3,7-8,12H,1-2H3. The van der Waals surface area contributed by atoms with Crippen LogP contribution in [0.3, 0.4) is 0 Å². The molecule has 0 saturated carbocycles. The Labute approximate surface area is 75.2 Å². The van der Waals surface area contributed by atoms with Crippen LogP contribution in [-0.2, 0) is 14.4 Å². The molecule has 0 spiro atoms. The Balaban J connectivity index is 3.10. The topological polar surface area (TPSA) is 71.4 Å². The van der Waals surface area contributed by atoms with Crippen LogP contribution in [0, 0.1) is 5.92 Å². The van der Waals surface area contributed by atoms with Crippen molar-refractivity contribution in [1.82, 2.24) is 0 Å². The SMILES string of the molecule is CC(=O)C1C(=O)C=C(C)C(O)C1=O. The molecule has 0 amide bonds. The summed E-state index contributed by atoms with van der Waals surface area (Å²) in [6, 6.07) is 0. The average Bonchev–Trinajstić information content (AvgIpc) is 1.99. The van der Waals surface area contributed by atoms with Crippen molar-refractivity contribution < 1.29 is 19.5 Å². The van der Waals surface area contributed by atoms with E-state index in [0.717, 1.165) is 6.08 Å². The molecule has 1 N–H and O–H groups in total. The molecular weight excluding hydrogens is 172 g/mol. The second kappa shape index (κ2) is 3.22. The molecule has 2 atom stereocenters. The maximum atomic E-state index is 11.3. The van der Waals surface area contributed by atoms with Gasteiger partial charge in [0.2, 0.25) is 0 Å². The summed E-state index contributed by atoms with van der Waals surface area (Å²) in [7, 11) is 0. The fraction of sp³-hybridized carbons (Fsp3) is 0.444. The molecule has 1 aliphatic carbocycles. The molecule has 0 saturated heterocycles. The molecule has 0 bridgehead atoms. The highest BCUT2D eigenvalue weighted by atomic mass is 16.3. The third-order valence-corrected chi connectivity index (χ3v) is 2.05. The van der Waals surface area contributed by atoms with Gasteiger partial charge in [0.05, 0.1) is 0 Å². The molecule has 4 heteroatoms. The van der Waals surface area contributed by atoms with Crippen molar-refractivity contribution in [2.75, 3.05) is 0 Å². The lowest BCUT2D eigenvalue weighted by Gasteiger charge is -2.20.